The van der Waals surface area contributed by atoms with Gasteiger partial charge in [0.25, 0.3) is 0 Å². The summed E-state index contributed by atoms with van der Waals surface area (Å²) in [4.78, 5) is 2.47. The fourth-order valence-electron chi connectivity index (χ4n) is 2.70. The van der Waals surface area contributed by atoms with Crippen LogP contribution in [0.3, 0.4) is 0 Å². The second kappa shape index (κ2) is 7.56. The molecule has 0 saturated heterocycles. The molecule has 1 N–H and O–H groups in total. The van der Waals surface area contributed by atoms with E-state index in [0.29, 0.717) is 0 Å². The van der Waals surface area contributed by atoms with Crippen LogP contribution in [-0.2, 0) is 23.5 Å². The molecule has 3 rings (SSSR count). The minimum Gasteiger partial charge on any atom is -0.367 e. The van der Waals surface area contributed by atoms with E-state index in [0.717, 1.165) is 13.1 Å². The van der Waals surface area contributed by atoms with Crippen molar-refractivity contribution in [2.24, 2.45) is 0 Å². The van der Waals surface area contributed by atoms with Crippen LogP contribution in [-0.4, -0.2) is 15.0 Å². The van der Waals surface area contributed by atoms with Gasteiger partial charge in [0.05, 0.1) is 0 Å². The smallest absolute Gasteiger partial charge is 0.308 e. The lowest BCUT2D eigenvalue weighted by atomic mass is 10.1. The van der Waals surface area contributed by atoms with Gasteiger partial charge in [-0.3, -0.25) is 0 Å². The average Bonchev–Trinajstić information content (AvgIpc) is 2.83. The molecule has 0 radical (unpaired) electrons. The summed E-state index contributed by atoms with van der Waals surface area (Å²) in [6.07, 6.45) is 1.17. The van der Waals surface area contributed by atoms with Gasteiger partial charge in [-0.25, -0.2) is 0 Å². The minimum absolute atomic E-state index is 1.00. The number of benzene rings is 2. The summed E-state index contributed by atoms with van der Waals surface area (Å²) >= 11 is 3.60. The molecule has 0 bridgehead atoms. The molecule has 1 heterocycles. The normalized spacial score (nSPS) is 12.4. The van der Waals surface area contributed by atoms with Gasteiger partial charge in [-0.15, -0.1) is 0 Å². The molecule has 1 aliphatic rings. The van der Waals surface area contributed by atoms with Crippen molar-refractivity contribution >= 4 is 32.1 Å². The number of halogens is 1. The van der Waals surface area contributed by atoms with Crippen molar-refractivity contribution in [3.05, 3.63) is 63.6 Å². The third kappa shape index (κ3) is 4.42. The lowest BCUT2D eigenvalue weighted by Gasteiger charge is -2.20. The first-order chi connectivity index (χ1) is 10.5. The van der Waals surface area contributed by atoms with Gasteiger partial charge in [-0.1, -0.05) is 46.3 Å². The average molecular weight is 381 g/mol. The van der Waals surface area contributed by atoms with Crippen molar-refractivity contribution in [3.8, 4) is 0 Å². The predicted octanol–water partition coefficient (Wildman–Crippen LogP) is 3.95. The molecule has 22 heavy (non-hydrogen) atoms. The third-order valence-electron chi connectivity index (χ3n) is 3.60. The standard InChI is InChI=1S/C16H16BrN.HNO2S/c1-12-9-14(17)10-16-15(12)7-8-18(16)11-13-5-3-2-4-6-13;1-4(2)3/h2-6,9-10H,7-8,11H2,1H3;1H. The third-order valence-corrected chi connectivity index (χ3v) is 4.06. The first-order valence-corrected chi connectivity index (χ1v) is 8.72. The van der Waals surface area contributed by atoms with Gasteiger partial charge < -0.3 is 4.90 Å². The summed E-state index contributed by atoms with van der Waals surface area (Å²) in [5.74, 6) is 0. The van der Waals surface area contributed by atoms with E-state index >= 15 is 0 Å². The number of hydrogen-bond donors (Lipinski definition) is 1. The van der Waals surface area contributed by atoms with E-state index in [1.807, 2.05) is 0 Å². The van der Waals surface area contributed by atoms with Crippen molar-refractivity contribution in [1.82, 2.24) is 0 Å². The molecule has 4 nitrogen and oxygen atoms in total. The Morgan fingerprint density at radius 3 is 2.50 bits per heavy atom. The molecule has 0 atom stereocenters. The highest BCUT2D eigenvalue weighted by molar-refractivity contribution is 9.10. The minimum atomic E-state index is -2.61. The zero-order valence-corrected chi connectivity index (χ0v) is 14.6. The van der Waals surface area contributed by atoms with Crippen LogP contribution in [0.4, 0.5) is 5.69 Å². The quantitative estimate of drug-likeness (QED) is 0.857. The van der Waals surface area contributed by atoms with Crippen LogP contribution in [0.15, 0.2) is 46.9 Å². The second-order valence-corrected chi connectivity index (χ2v) is 6.50. The molecule has 6 heteroatoms. The van der Waals surface area contributed by atoms with Crippen molar-refractivity contribution < 1.29 is 8.42 Å². The first-order valence-electron chi connectivity index (χ1n) is 6.85. The molecular formula is C16H17BrN2O2S. The number of nitrogens with zero attached hydrogens (tertiary/aromatic N) is 1. The Labute approximate surface area is 140 Å². The number of rotatable bonds is 2. The number of fused-ring (bicyclic) bond motifs is 1. The lowest BCUT2D eigenvalue weighted by molar-refractivity contribution is 0.620. The summed E-state index contributed by atoms with van der Waals surface area (Å²) in [5.41, 5.74) is 5.68. The monoisotopic (exact) mass is 380 g/mol. The Kier molecular flexibility index (Phi) is 5.74. The van der Waals surface area contributed by atoms with Gasteiger partial charge >= 0.3 is 10.5 Å². The number of aryl methyl sites for hydroxylation is 1. The van der Waals surface area contributed by atoms with Crippen LogP contribution in [0.2, 0.25) is 0 Å². The van der Waals surface area contributed by atoms with Crippen LogP contribution in [0.1, 0.15) is 16.7 Å². The van der Waals surface area contributed by atoms with Crippen LogP contribution >= 0.6 is 15.9 Å². The molecule has 2 aromatic rings. The van der Waals surface area contributed by atoms with Crippen LogP contribution in [0.5, 0.6) is 0 Å². The maximum atomic E-state index is 8.67. The Morgan fingerprint density at radius 2 is 1.86 bits per heavy atom. The Morgan fingerprint density at radius 1 is 1.23 bits per heavy atom. The summed E-state index contributed by atoms with van der Waals surface area (Å²) in [7, 11) is -2.61. The van der Waals surface area contributed by atoms with Gasteiger partial charge in [0, 0.05) is 23.2 Å². The summed E-state index contributed by atoms with van der Waals surface area (Å²) < 4.78 is 24.0. The molecule has 1 aliphatic heterocycles. The van der Waals surface area contributed by atoms with Crippen LogP contribution < -0.4 is 4.90 Å². The topological polar surface area (TPSA) is 61.2 Å². The number of hydrogen-bond acceptors (Lipinski definition) is 4. The highest BCUT2D eigenvalue weighted by atomic mass is 79.9. The van der Waals surface area contributed by atoms with E-state index in [1.165, 1.54) is 33.3 Å². The van der Waals surface area contributed by atoms with Gasteiger partial charge in [0.1, 0.15) is 0 Å². The van der Waals surface area contributed by atoms with Gasteiger partial charge in [-0.05, 0) is 42.2 Å². The highest BCUT2D eigenvalue weighted by Gasteiger charge is 2.21. The molecule has 0 aromatic heterocycles. The molecule has 0 spiro atoms. The van der Waals surface area contributed by atoms with E-state index in [1.54, 1.807) is 0 Å². The van der Waals surface area contributed by atoms with Gasteiger partial charge in [0.2, 0.25) is 0 Å². The number of anilines is 1. The fourth-order valence-corrected chi connectivity index (χ4v) is 3.26. The van der Waals surface area contributed by atoms with Gasteiger partial charge in [-0.2, -0.15) is 13.2 Å². The van der Waals surface area contributed by atoms with Crippen molar-refractivity contribution in [2.75, 3.05) is 11.4 Å². The van der Waals surface area contributed by atoms with Crippen molar-refractivity contribution in [1.29, 1.82) is 4.78 Å². The Bertz CT molecular complexity index is 754. The van der Waals surface area contributed by atoms with Crippen molar-refractivity contribution in [2.45, 2.75) is 19.9 Å². The summed E-state index contributed by atoms with van der Waals surface area (Å²) in [5, 5.41) is 0. The first kappa shape index (κ1) is 16.7. The maximum absolute atomic E-state index is 8.67. The Balaban J connectivity index is 0.000000396. The van der Waals surface area contributed by atoms with Crippen molar-refractivity contribution in [3.63, 3.8) is 0 Å². The summed E-state index contributed by atoms with van der Waals surface area (Å²) in [6.45, 7) is 4.33. The lowest BCUT2D eigenvalue weighted by Crippen LogP contribution is -2.19. The molecule has 116 valence electrons. The highest BCUT2D eigenvalue weighted by Crippen LogP contribution is 2.34. The zero-order chi connectivity index (χ0) is 16.1. The molecule has 0 saturated carbocycles. The van der Waals surface area contributed by atoms with E-state index in [4.69, 9.17) is 13.2 Å². The van der Waals surface area contributed by atoms with E-state index in [9.17, 15) is 0 Å². The molecule has 0 amide bonds. The van der Waals surface area contributed by atoms with Crippen LogP contribution in [0.25, 0.3) is 0 Å². The molecule has 0 aliphatic carbocycles. The SMILES string of the molecule is Cc1cc(Br)cc2c1CCN2Cc1ccccc1.N=S(=O)=O. The van der Waals surface area contributed by atoms with Gasteiger partial charge in [0.15, 0.2) is 0 Å². The molecule has 0 unspecified atom stereocenters. The maximum Gasteiger partial charge on any atom is 0.308 e. The predicted molar refractivity (Wildman–Crippen MR) is 91.7 cm³/mol. The number of nitrogens with one attached hydrogen (secondary N) is 1. The largest absolute Gasteiger partial charge is 0.367 e. The van der Waals surface area contributed by atoms with E-state index in [2.05, 4.69) is 70.2 Å². The van der Waals surface area contributed by atoms with Crippen LogP contribution in [0, 0.1) is 11.7 Å². The molecule has 0 fully saturated rings. The summed E-state index contributed by atoms with van der Waals surface area (Å²) in [6, 6.07) is 15.1. The fraction of sp³-hybridized carbons (Fsp3) is 0.250. The zero-order valence-electron chi connectivity index (χ0n) is 12.2. The van der Waals surface area contributed by atoms with E-state index in [-0.39, 0.29) is 0 Å². The molecule has 2 aromatic carbocycles. The molecular weight excluding hydrogens is 364 g/mol. The second-order valence-electron chi connectivity index (χ2n) is 5.11. The Hall–Kier alpha value is -1.66. The van der Waals surface area contributed by atoms with E-state index < -0.39 is 10.5 Å².